The number of fused-ring (bicyclic) bond motifs is 1. The number of ether oxygens (including phenoxy) is 1. The second kappa shape index (κ2) is 7.91. The molecule has 0 bridgehead atoms. The third kappa shape index (κ3) is 4.45. The second-order valence-electron chi connectivity index (χ2n) is 8.99. The van der Waals surface area contributed by atoms with Crippen LogP contribution in [0.2, 0.25) is 0 Å². The maximum atomic E-state index is 13.0. The average molecular weight is 373 g/mol. The fourth-order valence-electron chi connectivity index (χ4n) is 3.88. The maximum absolute atomic E-state index is 13.0. The van der Waals surface area contributed by atoms with E-state index in [9.17, 15) is 9.59 Å². The Hall–Kier alpha value is -2.04. The number of carbonyl (C=O) groups excluding carboxylic acids is 2. The van der Waals surface area contributed by atoms with E-state index >= 15 is 0 Å². The molecule has 1 fully saturated rings. The smallest absolute Gasteiger partial charge is 0.236 e. The summed E-state index contributed by atoms with van der Waals surface area (Å²) in [6.07, 6.45) is 5.43. The molecule has 0 aromatic heterocycles. The number of amides is 2. The molecule has 0 saturated heterocycles. The highest BCUT2D eigenvalue weighted by atomic mass is 16.5. The van der Waals surface area contributed by atoms with Gasteiger partial charge in [-0.1, -0.05) is 33.1 Å². The van der Waals surface area contributed by atoms with Crippen LogP contribution in [0.15, 0.2) is 18.2 Å². The predicted molar refractivity (Wildman–Crippen MR) is 108 cm³/mol. The molecule has 1 aromatic carbocycles. The normalized spacial score (nSPS) is 20.0. The van der Waals surface area contributed by atoms with E-state index in [0.717, 1.165) is 37.1 Å². The zero-order valence-electron chi connectivity index (χ0n) is 17.0. The van der Waals surface area contributed by atoms with Crippen molar-refractivity contribution in [3.8, 4) is 5.75 Å². The first-order valence-electron chi connectivity index (χ1n) is 10.2. The summed E-state index contributed by atoms with van der Waals surface area (Å²) in [5, 5.41) is 3.05. The van der Waals surface area contributed by atoms with Crippen LogP contribution < -0.4 is 15.0 Å². The van der Waals surface area contributed by atoms with Crippen molar-refractivity contribution in [2.45, 2.75) is 59.8 Å². The van der Waals surface area contributed by atoms with Gasteiger partial charge in [0.1, 0.15) is 12.4 Å². The van der Waals surface area contributed by atoms with E-state index in [0.29, 0.717) is 24.8 Å². The number of benzene rings is 1. The Morgan fingerprint density at radius 1 is 1.26 bits per heavy atom. The van der Waals surface area contributed by atoms with Crippen LogP contribution in [-0.4, -0.2) is 25.0 Å². The lowest BCUT2D eigenvalue weighted by Crippen LogP contribution is -2.43. The summed E-state index contributed by atoms with van der Waals surface area (Å²) in [6, 6.07) is 5.63. The number of nitrogens with one attached hydrogen (secondary N) is 1. The van der Waals surface area contributed by atoms with Gasteiger partial charge in [0.25, 0.3) is 0 Å². The van der Waals surface area contributed by atoms with Crippen LogP contribution >= 0.6 is 0 Å². The van der Waals surface area contributed by atoms with E-state index in [1.54, 1.807) is 0 Å². The molecule has 2 aliphatic rings. The molecule has 148 valence electrons. The van der Waals surface area contributed by atoms with Crippen LogP contribution in [0.1, 0.15) is 59.8 Å². The topological polar surface area (TPSA) is 58.6 Å². The first-order valence-corrected chi connectivity index (χ1v) is 10.2. The minimum atomic E-state index is -0.584. The molecule has 0 unspecified atom stereocenters. The minimum Gasteiger partial charge on any atom is -0.490 e. The molecule has 0 radical (unpaired) electrons. The van der Waals surface area contributed by atoms with Crippen molar-refractivity contribution in [3.05, 3.63) is 18.2 Å². The largest absolute Gasteiger partial charge is 0.490 e. The van der Waals surface area contributed by atoms with Crippen molar-refractivity contribution in [2.24, 2.45) is 17.3 Å². The Morgan fingerprint density at radius 2 is 1.96 bits per heavy atom. The highest BCUT2D eigenvalue weighted by molar-refractivity contribution is 6.00. The highest BCUT2D eigenvalue weighted by Crippen LogP contribution is 2.38. The lowest BCUT2D eigenvalue weighted by atomic mass is 9.88. The summed E-state index contributed by atoms with van der Waals surface area (Å²) in [7, 11) is 0. The second-order valence-corrected chi connectivity index (χ2v) is 8.99. The molecular weight excluding hydrogens is 340 g/mol. The highest BCUT2D eigenvalue weighted by Gasteiger charge is 2.38. The van der Waals surface area contributed by atoms with Gasteiger partial charge in [-0.05, 0) is 44.7 Å². The van der Waals surface area contributed by atoms with E-state index in [-0.39, 0.29) is 17.7 Å². The van der Waals surface area contributed by atoms with Crippen molar-refractivity contribution >= 4 is 23.2 Å². The first-order chi connectivity index (χ1) is 12.8. The zero-order chi connectivity index (χ0) is 19.6. The van der Waals surface area contributed by atoms with Gasteiger partial charge in [0.15, 0.2) is 0 Å². The zero-order valence-corrected chi connectivity index (χ0v) is 17.0. The molecule has 27 heavy (non-hydrogen) atoms. The average Bonchev–Trinajstić information content (AvgIpc) is 2.72. The molecule has 1 aromatic rings. The van der Waals surface area contributed by atoms with Gasteiger partial charge in [0.05, 0.1) is 11.1 Å². The van der Waals surface area contributed by atoms with Gasteiger partial charge >= 0.3 is 0 Å². The van der Waals surface area contributed by atoms with Crippen molar-refractivity contribution in [1.29, 1.82) is 0 Å². The summed E-state index contributed by atoms with van der Waals surface area (Å²) in [4.78, 5) is 27.4. The third-order valence-corrected chi connectivity index (χ3v) is 5.45. The standard InChI is InChI=1S/C22H32N2O3/c1-15(2)13-24-18-11-10-17(23-20(25)16-8-6-5-7-9-16)12-19(18)27-14-22(3,4)21(24)26/h10-12,15-16H,5-9,13-14H2,1-4H3,(H,23,25). The Kier molecular flexibility index (Phi) is 5.78. The number of anilines is 2. The van der Waals surface area contributed by atoms with Crippen LogP contribution in [-0.2, 0) is 9.59 Å². The lowest BCUT2D eigenvalue weighted by Gasteiger charge is -2.29. The number of rotatable bonds is 4. The molecule has 5 heteroatoms. The summed E-state index contributed by atoms with van der Waals surface area (Å²) in [5.74, 6) is 1.29. The van der Waals surface area contributed by atoms with Gasteiger partial charge in [-0.25, -0.2) is 0 Å². The molecule has 1 saturated carbocycles. The number of carbonyl (C=O) groups is 2. The fourth-order valence-corrected chi connectivity index (χ4v) is 3.88. The van der Waals surface area contributed by atoms with Crippen LogP contribution in [0.3, 0.4) is 0 Å². The molecule has 1 N–H and O–H groups in total. The summed E-state index contributed by atoms with van der Waals surface area (Å²) >= 11 is 0. The number of hydrogen-bond acceptors (Lipinski definition) is 3. The summed E-state index contributed by atoms with van der Waals surface area (Å²) < 4.78 is 6.00. The third-order valence-electron chi connectivity index (χ3n) is 5.45. The summed E-state index contributed by atoms with van der Waals surface area (Å²) in [6.45, 7) is 9.01. The molecule has 1 aliphatic carbocycles. The van der Waals surface area contributed by atoms with Gasteiger partial charge in [0.2, 0.25) is 11.8 Å². The molecule has 0 atom stereocenters. The van der Waals surface area contributed by atoms with Crippen molar-refractivity contribution in [3.63, 3.8) is 0 Å². The van der Waals surface area contributed by atoms with Gasteiger partial charge in [-0.15, -0.1) is 0 Å². The van der Waals surface area contributed by atoms with Gasteiger partial charge in [-0.3, -0.25) is 9.59 Å². The van der Waals surface area contributed by atoms with Crippen LogP contribution in [0.4, 0.5) is 11.4 Å². The predicted octanol–water partition coefficient (Wildman–Crippen LogP) is 4.61. The SMILES string of the molecule is CC(C)CN1C(=O)C(C)(C)COc2cc(NC(=O)C3CCCCC3)ccc21. The van der Waals surface area contributed by atoms with E-state index in [1.165, 1.54) is 6.42 Å². The van der Waals surface area contributed by atoms with Gasteiger partial charge in [-0.2, -0.15) is 0 Å². The Morgan fingerprint density at radius 3 is 2.63 bits per heavy atom. The number of nitrogens with zero attached hydrogens (tertiary/aromatic N) is 1. The van der Waals surface area contributed by atoms with E-state index in [1.807, 2.05) is 36.9 Å². The molecule has 3 rings (SSSR count). The van der Waals surface area contributed by atoms with E-state index in [2.05, 4.69) is 19.2 Å². The van der Waals surface area contributed by atoms with Crippen molar-refractivity contribution in [1.82, 2.24) is 0 Å². The van der Waals surface area contributed by atoms with Crippen LogP contribution in [0, 0.1) is 17.3 Å². The number of hydrogen-bond donors (Lipinski definition) is 1. The van der Waals surface area contributed by atoms with Gasteiger partial charge < -0.3 is 15.0 Å². The molecular formula is C22H32N2O3. The molecule has 0 spiro atoms. The minimum absolute atomic E-state index is 0.0777. The molecule has 5 nitrogen and oxygen atoms in total. The molecule has 1 aliphatic heterocycles. The fraction of sp³-hybridized carbons (Fsp3) is 0.636. The van der Waals surface area contributed by atoms with Crippen molar-refractivity contribution < 1.29 is 14.3 Å². The van der Waals surface area contributed by atoms with E-state index in [4.69, 9.17) is 4.74 Å². The molecule has 1 heterocycles. The van der Waals surface area contributed by atoms with Crippen LogP contribution in [0.25, 0.3) is 0 Å². The quantitative estimate of drug-likeness (QED) is 0.839. The summed E-state index contributed by atoms with van der Waals surface area (Å²) in [5.41, 5.74) is 0.940. The van der Waals surface area contributed by atoms with Crippen LogP contribution in [0.5, 0.6) is 5.75 Å². The lowest BCUT2D eigenvalue weighted by molar-refractivity contribution is -0.127. The Balaban J connectivity index is 1.83. The first kappa shape index (κ1) is 19.7. The monoisotopic (exact) mass is 372 g/mol. The maximum Gasteiger partial charge on any atom is 0.236 e. The molecule has 2 amide bonds. The van der Waals surface area contributed by atoms with E-state index < -0.39 is 5.41 Å². The van der Waals surface area contributed by atoms with Gasteiger partial charge in [0, 0.05) is 24.2 Å². The van der Waals surface area contributed by atoms with Crippen molar-refractivity contribution in [2.75, 3.05) is 23.4 Å². The Bertz CT molecular complexity index is 706. The Labute approximate surface area is 162 Å².